The molecule has 0 radical (unpaired) electrons. The maximum Gasteiger partial charge on any atom is 0.224 e. The molecule has 3 rings (SSSR count). The molecule has 4 heteroatoms. The van der Waals surface area contributed by atoms with Crippen molar-refractivity contribution in [2.24, 2.45) is 5.92 Å². The predicted molar refractivity (Wildman–Crippen MR) is 86.9 cm³/mol. The van der Waals surface area contributed by atoms with E-state index >= 15 is 0 Å². The van der Waals surface area contributed by atoms with Crippen LogP contribution >= 0.6 is 0 Å². The van der Waals surface area contributed by atoms with Crippen molar-refractivity contribution < 1.29 is 9.53 Å². The average molecular weight is 302 g/mol. The number of likely N-dealkylation sites (tertiary alicyclic amines) is 1. The van der Waals surface area contributed by atoms with Crippen LogP contribution in [0.4, 0.5) is 0 Å². The number of carbonyl (C=O) groups excluding carboxylic acids is 1. The summed E-state index contributed by atoms with van der Waals surface area (Å²) in [6.07, 6.45) is 2.05. The first-order valence-electron chi connectivity index (χ1n) is 8.26. The fourth-order valence-electron chi connectivity index (χ4n) is 3.51. The van der Waals surface area contributed by atoms with Crippen LogP contribution in [0.2, 0.25) is 0 Å². The number of aryl methyl sites for hydroxylation is 1. The van der Waals surface area contributed by atoms with E-state index in [-0.39, 0.29) is 11.8 Å². The molecule has 0 bridgehead atoms. The average Bonchev–Trinajstić information content (AvgIpc) is 3.19. The molecule has 2 fully saturated rings. The number of methoxy groups -OCH3 is 1. The van der Waals surface area contributed by atoms with E-state index in [0.29, 0.717) is 12.0 Å². The molecule has 1 saturated heterocycles. The second-order valence-electron chi connectivity index (χ2n) is 6.59. The van der Waals surface area contributed by atoms with Gasteiger partial charge in [-0.25, -0.2) is 0 Å². The highest BCUT2D eigenvalue weighted by Crippen LogP contribution is 2.48. The molecule has 1 N–H and O–H groups in total. The molecule has 1 saturated carbocycles. The normalized spacial score (nSPS) is 27.8. The Labute approximate surface area is 132 Å². The van der Waals surface area contributed by atoms with Crippen molar-refractivity contribution >= 4 is 5.91 Å². The number of nitrogens with zero attached hydrogens (tertiary/aromatic N) is 1. The Kier molecular flexibility index (Phi) is 4.79. The molecule has 1 heterocycles. The van der Waals surface area contributed by atoms with E-state index in [1.54, 1.807) is 7.11 Å². The van der Waals surface area contributed by atoms with Crippen LogP contribution in [0.5, 0.6) is 0 Å². The quantitative estimate of drug-likeness (QED) is 0.873. The first-order valence-corrected chi connectivity index (χ1v) is 8.26. The predicted octanol–water partition coefficient (Wildman–Crippen LogP) is 1.94. The van der Waals surface area contributed by atoms with Crippen LogP contribution in [-0.2, 0) is 9.53 Å². The highest BCUT2D eigenvalue weighted by atomic mass is 16.5. The minimum absolute atomic E-state index is 0.175. The molecular formula is C18H26N2O2. The van der Waals surface area contributed by atoms with Gasteiger partial charge in [0.25, 0.3) is 0 Å². The van der Waals surface area contributed by atoms with Crippen LogP contribution in [-0.4, -0.2) is 50.2 Å². The Morgan fingerprint density at radius 2 is 2.23 bits per heavy atom. The fourth-order valence-corrected chi connectivity index (χ4v) is 3.51. The van der Waals surface area contributed by atoms with Crippen LogP contribution in [0, 0.1) is 12.8 Å². The number of hydrogen-bond donors (Lipinski definition) is 1. The number of amides is 1. The second kappa shape index (κ2) is 6.80. The lowest BCUT2D eigenvalue weighted by Crippen LogP contribution is -2.38. The van der Waals surface area contributed by atoms with Crippen LogP contribution in [0.3, 0.4) is 0 Å². The molecule has 1 aromatic rings. The SMILES string of the molecule is COCCN1CC[C@@H](NC(=O)[C@H]2C[C@@H]2c2ccccc2C)C1. The molecule has 1 aliphatic carbocycles. The summed E-state index contributed by atoms with van der Waals surface area (Å²) in [6, 6.07) is 8.73. The number of benzene rings is 1. The number of nitrogens with one attached hydrogen (secondary N) is 1. The molecule has 3 atom stereocenters. The van der Waals surface area contributed by atoms with Crippen molar-refractivity contribution in [1.29, 1.82) is 0 Å². The largest absolute Gasteiger partial charge is 0.383 e. The summed E-state index contributed by atoms with van der Waals surface area (Å²) in [6.45, 7) is 5.86. The lowest BCUT2D eigenvalue weighted by molar-refractivity contribution is -0.123. The smallest absolute Gasteiger partial charge is 0.224 e. The van der Waals surface area contributed by atoms with E-state index in [9.17, 15) is 4.79 Å². The number of hydrogen-bond acceptors (Lipinski definition) is 3. The number of ether oxygens (including phenoxy) is 1. The molecule has 2 aliphatic rings. The maximum absolute atomic E-state index is 12.4. The van der Waals surface area contributed by atoms with Gasteiger partial charge in [-0.05, 0) is 36.8 Å². The Hall–Kier alpha value is -1.39. The Bertz CT molecular complexity index is 532. The van der Waals surface area contributed by atoms with Gasteiger partial charge in [-0.3, -0.25) is 9.69 Å². The zero-order valence-electron chi connectivity index (χ0n) is 13.5. The third-order valence-electron chi connectivity index (χ3n) is 4.95. The van der Waals surface area contributed by atoms with Gasteiger partial charge in [0.05, 0.1) is 6.61 Å². The highest BCUT2D eigenvalue weighted by molar-refractivity contribution is 5.83. The number of carbonyl (C=O) groups is 1. The Morgan fingerprint density at radius 1 is 1.41 bits per heavy atom. The molecule has 120 valence electrons. The third-order valence-corrected chi connectivity index (χ3v) is 4.95. The van der Waals surface area contributed by atoms with E-state index in [0.717, 1.165) is 39.1 Å². The van der Waals surface area contributed by atoms with Gasteiger partial charge in [-0.1, -0.05) is 24.3 Å². The maximum atomic E-state index is 12.4. The standard InChI is InChI=1S/C18H26N2O2/c1-13-5-3-4-6-15(13)16-11-17(16)18(21)19-14-7-8-20(12-14)9-10-22-2/h3-6,14,16-17H,7-12H2,1-2H3,(H,19,21)/t14-,16-,17+/m1/s1. The number of rotatable bonds is 6. The molecule has 1 aromatic carbocycles. The summed E-state index contributed by atoms with van der Waals surface area (Å²) in [4.78, 5) is 14.8. The molecule has 1 aliphatic heterocycles. The van der Waals surface area contributed by atoms with Gasteiger partial charge in [-0.15, -0.1) is 0 Å². The summed E-state index contributed by atoms with van der Waals surface area (Å²) in [5, 5.41) is 3.24. The first-order chi connectivity index (χ1) is 10.7. The van der Waals surface area contributed by atoms with E-state index in [4.69, 9.17) is 4.74 Å². The van der Waals surface area contributed by atoms with Gasteiger partial charge >= 0.3 is 0 Å². The van der Waals surface area contributed by atoms with Gasteiger partial charge in [0.2, 0.25) is 5.91 Å². The van der Waals surface area contributed by atoms with Crippen molar-refractivity contribution in [3.8, 4) is 0 Å². The molecule has 0 unspecified atom stereocenters. The minimum Gasteiger partial charge on any atom is -0.383 e. The van der Waals surface area contributed by atoms with Crippen molar-refractivity contribution in [2.75, 3.05) is 33.4 Å². The van der Waals surface area contributed by atoms with Gasteiger partial charge in [0.15, 0.2) is 0 Å². The first kappa shape index (κ1) is 15.5. The molecule has 0 spiro atoms. The molecular weight excluding hydrogens is 276 g/mol. The van der Waals surface area contributed by atoms with Crippen molar-refractivity contribution in [1.82, 2.24) is 10.2 Å². The topological polar surface area (TPSA) is 41.6 Å². The van der Waals surface area contributed by atoms with Crippen LogP contribution < -0.4 is 5.32 Å². The van der Waals surface area contributed by atoms with Crippen molar-refractivity contribution in [2.45, 2.75) is 31.7 Å². The van der Waals surface area contributed by atoms with Crippen LogP contribution in [0.25, 0.3) is 0 Å². The van der Waals surface area contributed by atoms with Gasteiger partial charge in [-0.2, -0.15) is 0 Å². The van der Waals surface area contributed by atoms with E-state index in [2.05, 4.69) is 41.4 Å². The van der Waals surface area contributed by atoms with Crippen molar-refractivity contribution in [3.05, 3.63) is 35.4 Å². The zero-order valence-corrected chi connectivity index (χ0v) is 13.5. The Balaban J connectivity index is 1.47. The summed E-state index contributed by atoms with van der Waals surface area (Å²) in [5.41, 5.74) is 2.64. The van der Waals surface area contributed by atoms with Crippen molar-refractivity contribution in [3.63, 3.8) is 0 Å². The molecule has 22 heavy (non-hydrogen) atoms. The lowest BCUT2D eigenvalue weighted by atomic mass is 10.0. The monoisotopic (exact) mass is 302 g/mol. The summed E-state index contributed by atoms with van der Waals surface area (Å²) >= 11 is 0. The van der Waals surface area contributed by atoms with Gasteiger partial charge in [0, 0.05) is 38.7 Å². The third kappa shape index (κ3) is 3.50. The highest BCUT2D eigenvalue weighted by Gasteiger charge is 2.45. The zero-order chi connectivity index (χ0) is 15.5. The van der Waals surface area contributed by atoms with E-state index in [1.165, 1.54) is 11.1 Å². The summed E-state index contributed by atoms with van der Waals surface area (Å²) in [5.74, 6) is 0.841. The van der Waals surface area contributed by atoms with Gasteiger partial charge < -0.3 is 10.1 Å². The van der Waals surface area contributed by atoms with Crippen LogP contribution in [0.15, 0.2) is 24.3 Å². The molecule has 4 nitrogen and oxygen atoms in total. The lowest BCUT2D eigenvalue weighted by Gasteiger charge is -2.16. The molecule has 0 aromatic heterocycles. The Morgan fingerprint density at radius 3 is 3.00 bits per heavy atom. The molecule has 1 amide bonds. The fraction of sp³-hybridized carbons (Fsp3) is 0.611. The minimum atomic E-state index is 0.175. The summed E-state index contributed by atoms with van der Waals surface area (Å²) < 4.78 is 5.11. The van der Waals surface area contributed by atoms with Crippen LogP contribution in [0.1, 0.15) is 29.9 Å². The van der Waals surface area contributed by atoms with Gasteiger partial charge in [0.1, 0.15) is 0 Å². The summed E-state index contributed by atoms with van der Waals surface area (Å²) in [7, 11) is 1.73. The van der Waals surface area contributed by atoms with E-state index in [1.807, 2.05) is 0 Å². The van der Waals surface area contributed by atoms with E-state index < -0.39 is 0 Å². The second-order valence-corrected chi connectivity index (χ2v) is 6.59.